The predicted octanol–water partition coefficient (Wildman–Crippen LogP) is 2.96. The Morgan fingerprint density at radius 3 is 2.69 bits per heavy atom. The summed E-state index contributed by atoms with van der Waals surface area (Å²) >= 11 is 1.35. The topological polar surface area (TPSA) is 35.1 Å². The van der Waals surface area contributed by atoms with Gasteiger partial charge in [-0.1, -0.05) is 0 Å². The van der Waals surface area contributed by atoms with E-state index in [4.69, 9.17) is 4.42 Å². The van der Waals surface area contributed by atoms with Crippen LogP contribution in [-0.4, -0.2) is 3.96 Å². The normalized spacial score (nSPS) is 11.7. The second kappa shape index (κ2) is 2.98. The minimum Gasteiger partial charge on any atom is -0.444 e. The van der Waals surface area contributed by atoms with E-state index >= 15 is 0 Å². The van der Waals surface area contributed by atoms with Crippen molar-refractivity contribution in [3.05, 3.63) is 33.6 Å². The standard InChI is InChI=1S/C12H11NO2S/c1-6-4-8-9(5-7(6)2)15-12-10(8)11(14)13(3)16-12/h4-5H,1-3H3. The number of furan rings is 1. The van der Waals surface area contributed by atoms with Gasteiger partial charge in [0.25, 0.3) is 5.56 Å². The summed E-state index contributed by atoms with van der Waals surface area (Å²) in [6.07, 6.45) is 0. The van der Waals surface area contributed by atoms with E-state index in [1.807, 2.05) is 26.0 Å². The Bertz CT molecular complexity index is 761. The van der Waals surface area contributed by atoms with Gasteiger partial charge in [-0.25, -0.2) is 0 Å². The third-order valence-electron chi connectivity index (χ3n) is 2.99. The van der Waals surface area contributed by atoms with E-state index in [0.717, 1.165) is 11.0 Å². The van der Waals surface area contributed by atoms with Gasteiger partial charge in [0.05, 0.1) is 0 Å². The van der Waals surface area contributed by atoms with Crippen molar-refractivity contribution in [1.29, 1.82) is 0 Å². The highest BCUT2D eigenvalue weighted by Crippen LogP contribution is 2.30. The van der Waals surface area contributed by atoms with Crippen LogP contribution in [0.3, 0.4) is 0 Å². The summed E-state index contributed by atoms with van der Waals surface area (Å²) < 4.78 is 7.29. The third kappa shape index (κ3) is 1.10. The molecule has 0 saturated carbocycles. The molecule has 3 nitrogen and oxygen atoms in total. The summed E-state index contributed by atoms with van der Waals surface area (Å²) in [5, 5.41) is 1.64. The van der Waals surface area contributed by atoms with Crippen molar-refractivity contribution in [2.24, 2.45) is 7.05 Å². The smallest absolute Gasteiger partial charge is 0.272 e. The van der Waals surface area contributed by atoms with Crippen LogP contribution in [0.25, 0.3) is 21.3 Å². The summed E-state index contributed by atoms with van der Waals surface area (Å²) in [6, 6.07) is 4.03. The van der Waals surface area contributed by atoms with Gasteiger partial charge in [-0.2, -0.15) is 0 Å². The van der Waals surface area contributed by atoms with Crippen LogP contribution in [0.4, 0.5) is 0 Å². The number of aryl methyl sites for hydroxylation is 3. The SMILES string of the molecule is Cc1cc2oc3sn(C)c(=O)c3c2cc1C. The Hall–Kier alpha value is -1.55. The van der Waals surface area contributed by atoms with Crippen molar-refractivity contribution in [2.75, 3.05) is 0 Å². The van der Waals surface area contributed by atoms with Gasteiger partial charge in [0.2, 0.25) is 4.90 Å². The van der Waals surface area contributed by atoms with E-state index in [-0.39, 0.29) is 5.56 Å². The maximum atomic E-state index is 11.9. The second-order valence-corrected chi connectivity index (χ2v) is 5.19. The van der Waals surface area contributed by atoms with Crippen molar-refractivity contribution >= 4 is 32.8 Å². The zero-order valence-corrected chi connectivity index (χ0v) is 10.1. The molecule has 2 heterocycles. The molecule has 0 atom stereocenters. The van der Waals surface area contributed by atoms with Gasteiger partial charge in [0.1, 0.15) is 11.0 Å². The fourth-order valence-corrected chi connectivity index (χ4v) is 2.76. The Labute approximate surface area is 96.1 Å². The minimum absolute atomic E-state index is 0.0296. The number of benzene rings is 1. The van der Waals surface area contributed by atoms with Crippen LogP contribution in [0, 0.1) is 13.8 Å². The first-order chi connectivity index (χ1) is 7.58. The van der Waals surface area contributed by atoms with E-state index in [1.165, 1.54) is 22.7 Å². The first-order valence-electron chi connectivity index (χ1n) is 5.07. The van der Waals surface area contributed by atoms with Crippen LogP contribution in [0.5, 0.6) is 0 Å². The fourth-order valence-electron chi connectivity index (χ4n) is 1.92. The van der Waals surface area contributed by atoms with E-state index in [2.05, 4.69) is 0 Å². The quantitative estimate of drug-likeness (QED) is 0.598. The highest BCUT2D eigenvalue weighted by atomic mass is 32.1. The molecular formula is C12H11NO2S. The first kappa shape index (κ1) is 9.66. The molecule has 0 aliphatic rings. The van der Waals surface area contributed by atoms with Crippen molar-refractivity contribution in [3.63, 3.8) is 0 Å². The molecule has 16 heavy (non-hydrogen) atoms. The summed E-state index contributed by atoms with van der Waals surface area (Å²) in [7, 11) is 1.76. The molecule has 0 amide bonds. The molecule has 0 aliphatic carbocycles. The van der Waals surface area contributed by atoms with Gasteiger partial charge in [-0.3, -0.25) is 8.75 Å². The molecule has 0 fully saturated rings. The Balaban J connectivity index is 2.61. The van der Waals surface area contributed by atoms with E-state index in [1.54, 1.807) is 11.0 Å². The molecule has 1 aromatic carbocycles. The monoisotopic (exact) mass is 233 g/mol. The molecule has 0 aliphatic heterocycles. The Morgan fingerprint density at radius 1 is 1.25 bits per heavy atom. The molecular weight excluding hydrogens is 222 g/mol. The number of hydrogen-bond donors (Lipinski definition) is 0. The number of aromatic nitrogens is 1. The third-order valence-corrected chi connectivity index (χ3v) is 3.88. The van der Waals surface area contributed by atoms with Crippen LogP contribution in [0.2, 0.25) is 0 Å². The summed E-state index contributed by atoms with van der Waals surface area (Å²) in [5.41, 5.74) is 3.21. The lowest BCUT2D eigenvalue weighted by Crippen LogP contribution is -2.07. The van der Waals surface area contributed by atoms with Crippen molar-refractivity contribution < 1.29 is 4.42 Å². The lowest BCUT2D eigenvalue weighted by atomic mass is 10.1. The van der Waals surface area contributed by atoms with Crippen LogP contribution in [0.15, 0.2) is 21.3 Å². The molecule has 82 valence electrons. The highest BCUT2D eigenvalue weighted by molar-refractivity contribution is 7.13. The largest absolute Gasteiger partial charge is 0.444 e. The van der Waals surface area contributed by atoms with E-state index < -0.39 is 0 Å². The number of fused-ring (bicyclic) bond motifs is 3. The van der Waals surface area contributed by atoms with Gasteiger partial charge < -0.3 is 4.42 Å². The van der Waals surface area contributed by atoms with Gasteiger partial charge >= 0.3 is 0 Å². The maximum Gasteiger partial charge on any atom is 0.272 e. The van der Waals surface area contributed by atoms with Crippen molar-refractivity contribution in [3.8, 4) is 0 Å². The molecule has 3 rings (SSSR count). The summed E-state index contributed by atoms with van der Waals surface area (Å²) in [4.78, 5) is 12.6. The van der Waals surface area contributed by atoms with Crippen LogP contribution < -0.4 is 5.56 Å². The molecule has 0 unspecified atom stereocenters. The van der Waals surface area contributed by atoms with Crippen molar-refractivity contribution in [1.82, 2.24) is 3.96 Å². The molecule has 0 saturated heterocycles. The molecule has 3 aromatic rings. The zero-order chi connectivity index (χ0) is 11.4. The second-order valence-electron chi connectivity index (χ2n) is 4.09. The first-order valence-corrected chi connectivity index (χ1v) is 5.85. The molecule has 4 heteroatoms. The Kier molecular flexibility index (Phi) is 1.80. The maximum absolute atomic E-state index is 11.9. The average Bonchev–Trinajstić information content (AvgIpc) is 2.67. The van der Waals surface area contributed by atoms with Gasteiger partial charge in [-0.05, 0) is 48.6 Å². The molecule has 0 spiro atoms. The molecule has 0 bridgehead atoms. The van der Waals surface area contributed by atoms with Crippen molar-refractivity contribution in [2.45, 2.75) is 13.8 Å². The van der Waals surface area contributed by atoms with Crippen LogP contribution in [0.1, 0.15) is 11.1 Å². The van der Waals surface area contributed by atoms with Crippen LogP contribution in [-0.2, 0) is 7.05 Å². The van der Waals surface area contributed by atoms with E-state index in [9.17, 15) is 4.79 Å². The number of hydrogen-bond acceptors (Lipinski definition) is 3. The zero-order valence-electron chi connectivity index (χ0n) is 9.33. The fraction of sp³-hybridized carbons (Fsp3) is 0.250. The molecule has 0 radical (unpaired) electrons. The van der Waals surface area contributed by atoms with Gasteiger partial charge in [0.15, 0.2) is 0 Å². The Morgan fingerprint density at radius 2 is 1.94 bits per heavy atom. The number of nitrogens with zero attached hydrogens (tertiary/aromatic N) is 1. The lowest BCUT2D eigenvalue weighted by Gasteiger charge is -1.98. The van der Waals surface area contributed by atoms with Crippen LogP contribution >= 0.6 is 11.5 Å². The predicted molar refractivity (Wildman–Crippen MR) is 66.3 cm³/mol. The number of rotatable bonds is 0. The average molecular weight is 233 g/mol. The molecule has 0 N–H and O–H groups in total. The summed E-state index contributed by atoms with van der Waals surface area (Å²) in [5.74, 6) is 0. The van der Waals surface area contributed by atoms with Gasteiger partial charge in [-0.15, -0.1) is 0 Å². The van der Waals surface area contributed by atoms with Gasteiger partial charge in [0, 0.05) is 12.4 Å². The minimum atomic E-state index is 0.0296. The van der Waals surface area contributed by atoms with E-state index in [0.29, 0.717) is 10.3 Å². The molecule has 2 aromatic heterocycles. The highest BCUT2D eigenvalue weighted by Gasteiger charge is 2.15. The lowest BCUT2D eigenvalue weighted by molar-refractivity contribution is 0.677. The summed E-state index contributed by atoms with van der Waals surface area (Å²) in [6.45, 7) is 4.09.